The maximum absolute atomic E-state index is 9.43. The molecule has 20 heavy (non-hydrogen) atoms. The lowest BCUT2D eigenvalue weighted by Crippen LogP contribution is -2.30. The molecule has 2 aromatic rings. The van der Waals surface area contributed by atoms with E-state index in [0.29, 0.717) is 5.92 Å². The minimum atomic E-state index is 0.641. The molecular formula is C16H18N4. The molecule has 2 heterocycles. The summed E-state index contributed by atoms with van der Waals surface area (Å²) in [7, 11) is 3.99. The van der Waals surface area contributed by atoms with Crippen LogP contribution < -0.4 is 4.90 Å². The van der Waals surface area contributed by atoms with E-state index in [4.69, 9.17) is 0 Å². The van der Waals surface area contributed by atoms with E-state index in [1.165, 1.54) is 11.3 Å². The third kappa shape index (κ3) is 2.05. The zero-order valence-electron chi connectivity index (χ0n) is 12.1. The number of nitriles is 1. The number of anilines is 1. The Bertz CT molecular complexity index is 693. The van der Waals surface area contributed by atoms with Gasteiger partial charge in [0.1, 0.15) is 0 Å². The topological polar surface area (TPSA) is 44.9 Å². The van der Waals surface area contributed by atoms with E-state index in [2.05, 4.69) is 36.1 Å². The SMILES string of the molecule is C[C@H]1Cc2cc(-c3cnn(C)c3)c(C#N)cc2N(C)C1. The third-order valence-electron chi connectivity index (χ3n) is 3.92. The highest BCUT2D eigenvalue weighted by atomic mass is 15.2. The predicted molar refractivity (Wildman–Crippen MR) is 79.5 cm³/mol. The van der Waals surface area contributed by atoms with Crippen LogP contribution in [0.1, 0.15) is 18.1 Å². The number of aryl methyl sites for hydroxylation is 1. The maximum Gasteiger partial charge on any atom is 0.0998 e. The van der Waals surface area contributed by atoms with Crippen molar-refractivity contribution in [2.75, 3.05) is 18.5 Å². The maximum atomic E-state index is 9.43. The molecule has 0 spiro atoms. The van der Waals surface area contributed by atoms with Gasteiger partial charge in [0.15, 0.2) is 0 Å². The van der Waals surface area contributed by atoms with Gasteiger partial charge in [-0.05, 0) is 30.0 Å². The molecule has 0 fully saturated rings. The minimum absolute atomic E-state index is 0.641. The summed E-state index contributed by atoms with van der Waals surface area (Å²) in [5.74, 6) is 0.641. The Morgan fingerprint density at radius 3 is 2.80 bits per heavy atom. The van der Waals surface area contributed by atoms with Crippen molar-refractivity contribution in [1.29, 1.82) is 5.26 Å². The van der Waals surface area contributed by atoms with E-state index >= 15 is 0 Å². The molecule has 1 aliphatic heterocycles. The summed E-state index contributed by atoms with van der Waals surface area (Å²) in [6.45, 7) is 3.31. The van der Waals surface area contributed by atoms with Gasteiger partial charge >= 0.3 is 0 Å². The smallest absolute Gasteiger partial charge is 0.0998 e. The lowest BCUT2D eigenvalue weighted by atomic mass is 9.90. The quantitative estimate of drug-likeness (QED) is 0.797. The predicted octanol–water partition coefficient (Wildman–Crippen LogP) is 2.59. The Kier molecular flexibility index (Phi) is 2.98. The molecule has 0 unspecified atom stereocenters. The first-order valence-electron chi connectivity index (χ1n) is 6.85. The average molecular weight is 266 g/mol. The van der Waals surface area contributed by atoms with Crippen LogP contribution in [0.3, 0.4) is 0 Å². The molecule has 0 aliphatic carbocycles. The average Bonchev–Trinajstić information content (AvgIpc) is 2.84. The normalized spacial score (nSPS) is 17.7. The number of aromatic nitrogens is 2. The van der Waals surface area contributed by atoms with E-state index < -0.39 is 0 Å². The highest BCUT2D eigenvalue weighted by molar-refractivity contribution is 5.75. The van der Waals surface area contributed by atoms with Gasteiger partial charge in [-0.15, -0.1) is 0 Å². The fourth-order valence-electron chi connectivity index (χ4n) is 3.05. The van der Waals surface area contributed by atoms with Crippen LogP contribution in [0.15, 0.2) is 24.5 Å². The zero-order valence-corrected chi connectivity index (χ0v) is 12.1. The van der Waals surface area contributed by atoms with Crippen LogP contribution in [0.4, 0.5) is 5.69 Å². The van der Waals surface area contributed by atoms with E-state index in [9.17, 15) is 5.26 Å². The molecule has 1 aromatic carbocycles. The fourth-order valence-corrected chi connectivity index (χ4v) is 3.05. The highest BCUT2D eigenvalue weighted by Crippen LogP contribution is 2.35. The van der Waals surface area contributed by atoms with Crippen molar-refractivity contribution < 1.29 is 0 Å². The van der Waals surface area contributed by atoms with Gasteiger partial charge in [0, 0.05) is 43.7 Å². The molecule has 4 heteroatoms. The zero-order chi connectivity index (χ0) is 14.3. The summed E-state index contributed by atoms with van der Waals surface area (Å²) >= 11 is 0. The van der Waals surface area contributed by atoms with Crippen molar-refractivity contribution in [2.24, 2.45) is 13.0 Å². The van der Waals surface area contributed by atoms with Crippen LogP contribution in [0.5, 0.6) is 0 Å². The second-order valence-corrected chi connectivity index (χ2v) is 5.73. The van der Waals surface area contributed by atoms with Crippen LogP contribution in [0, 0.1) is 17.2 Å². The largest absolute Gasteiger partial charge is 0.374 e. The van der Waals surface area contributed by atoms with Crippen molar-refractivity contribution in [3.8, 4) is 17.2 Å². The Hall–Kier alpha value is -2.28. The molecule has 4 nitrogen and oxygen atoms in total. The molecule has 1 aromatic heterocycles. The van der Waals surface area contributed by atoms with Gasteiger partial charge in [-0.1, -0.05) is 6.92 Å². The molecule has 102 valence electrons. The van der Waals surface area contributed by atoms with Gasteiger partial charge in [0.2, 0.25) is 0 Å². The van der Waals surface area contributed by atoms with Crippen LogP contribution in [0.25, 0.3) is 11.1 Å². The van der Waals surface area contributed by atoms with E-state index in [0.717, 1.165) is 29.7 Å². The monoisotopic (exact) mass is 266 g/mol. The van der Waals surface area contributed by atoms with Gasteiger partial charge < -0.3 is 4.90 Å². The van der Waals surface area contributed by atoms with Crippen molar-refractivity contribution in [1.82, 2.24) is 9.78 Å². The molecule has 0 amide bonds. The van der Waals surface area contributed by atoms with Crippen molar-refractivity contribution in [3.63, 3.8) is 0 Å². The van der Waals surface area contributed by atoms with Gasteiger partial charge in [-0.2, -0.15) is 10.4 Å². The summed E-state index contributed by atoms with van der Waals surface area (Å²) in [5, 5.41) is 13.6. The lowest BCUT2D eigenvalue weighted by molar-refractivity contribution is 0.552. The summed E-state index contributed by atoms with van der Waals surface area (Å²) < 4.78 is 1.77. The number of nitrogens with zero attached hydrogens (tertiary/aromatic N) is 4. The first-order valence-corrected chi connectivity index (χ1v) is 6.85. The Balaban J connectivity index is 2.16. The molecule has 0 N–H and O–H groups in total. The standard InChI is InChI=1S/C16H18N4/c1-11-4-12-5-15(14-8-18-20(3)10-14)13(7-17)6-16(12)19(2)9-11/h5-6,8,10-11H,4,9H2,1-3H3/t11-/m0/s1. The first kappa shape index (κ1) is 12.7. The molecule has 0 radical (unpaired) electrons. The second kappa shape index (κ2) is 4.68. The Labute approximate surface area is 119 Å². The summed E-state index contributed by atoms with van der Waals surface area (Å²) in [5.41, 5.74) is 5.23. The number of hydrogen-bond donors (Lipinski definition) is 0. The van der Waals surface area contributed by atoms with E-state index in [-0.39, 0.29) is 0 Å². The van der Waals surface area contributed by atoms with Crippen LogP contribution in [-0.2, 0) is 13.5 Å². The number of benzene rings is 1. The molecular weight excluding hydrogens is 248 g/mol. The van der Waals surface area contributed by atoms with Gasteiger partial charge in [0.05, 0.1) is 17.8 Å². The van der Waals surface area contributed by atoms with Gasteiger partial charge in [0.25, 0.3) is 0 Å². The molecule has 0 bridgehead atoms. The Morgan fingerprint density at radius 1 is 1.35 bits per heavy atom. The molecule has 0 saturated heterocycles. The summed E-state index contributed by atoms with van der Waals surface area (Å²) in [6.07, 6.45) is 4.84. The van der Waals surface area contributed by atoms with Crippen molar-refractivity contribution >= 4 is 5.69 Å². The summed E-state index contributed by atoms with van der Waals surface area (Å²) in [4.78, 5) is 2.25. The highest BCUT2D eigenvalue weighted by Gasteiger charge is 2.21. The van der Waals surface area contributed by atoms with Crippen molar-refractivity contribution in [3.05, 3.63) is 35.7 Å². The number of fused-ring (bicyclic) bond motifs is 1. The van der Waals surface area contributed by atoms with E-state index in [1.807, 2.05) is 25.5 Å². The van der Waals surface area contributed by atoms with Crippen LogP contribution in [0.2, 0.25) is 0 Å². The Morgan fingerprint density at radius 2 is 2.15 bits per heavy atom. The number of hydrogen-bond acceptors (Lipinski definition) is 3. The van der Waals surface area contributed by atoms with Gasteiger partial charge in [-0.25, -0.2) is 0 Å². The number of rotatable bonds is 1. The second-order valence-electron chi connectivity index (χ2n) is 5.73. The van der Waals surface area contributed by atoms with Crippen LogP contribution in [-0.4, -0.2) is 23.4 Å². The lowest BCUT2D eigenvalue weighted by Gasteiger charge is -2.32. The van der Waals surface area contributed by atoms with E-state index in [1.54, 1.807) is 4.68 Å². The third-order valence-corrected chi connectivity index (χ3v) is 3.92. The summed E-state index contributed by atoms with van der Waals surface area (Å²) in [6, 6.07) is 6.50. The molecule has 0 saturated carbocycles. The molecule has 3 rings (SSSR count). The fraction of sp³-hybridized carbons (Fsp3) is 0.375. The molecule has 1 aliphatic rings. The first-order chi connectivity index (χ1) is 9.58. The van der Waals surface area contributed by atoms with Crippen molar-refractivity contribution in [2.45, 2.75) is 13.3 Å². The molecule has 1 atom stereocenters. The minimum Gasteiger partial charge on any atom is -0.374 e. The van der Waals surface area contributed by atoms with Gasteiger partial charge in [-0.3, -0.25) is 4.68 Å². The van der Waals surface area contributed by atoms with Crippen LogP contribution >= 0.6 is 0 Å².